The minimum atomic E-state index is -0.608. The van der Waals surface area contributed by atoms with Gasteiger partial charge >= 0.3 is 0 Å². The normalized spacial score (nSPS) is 12.7. The molecule has 6 heteroatoms. The van der Waals surface area contributed by atoms with Gasteiger partial charge in [0.25, 0.3) is 0 Å². The Kier molecular flexibility index (Phi) is 19.6. The van der Waals surface area contributed by atoms with E-state index >= 15 is 0 Å². The van der Waals surface area contributed by atoms with Gasteiger partial charge in [-0.25, -0.2) is 0 Å². The van der Waals surface area contributed by atoms with Crippen LogP contribution < -0.4 is 0 Å². The molecular weight excluding hydrogens is 300 g/mol. The van der Waals surface area contributed by atoms with Crippen molar-refractivity contribution in [1.82, 2.24) is 0 Å². The van der Waals surface area contributed by atoms with Crippen LogP contribution in [0.1, 0.15) is 39.5 Å². The minimum Gasteiger partial charge on any atom is -0.388 e. The van der Waals surface area contributed by atoms with Crippen molar-refractivity contribution in [3.63, 3.8) is 0 Å². The second kappa shape index (κ2) is 19.8. The summed E-state index contributed by atoms with van der Waals surface area (Å²) >= 11 is 0. The molecule has 0 aliphatic heterocycles. The molecule has 0 amide bonds. The summed E-state index contributed by atoms with van der Waals surface area (Å²) in [6.07, 6.45) is 3.83. The fourth-order valence-corrected chi connectivity index (χ4v) is 1.64. The Morgan fingerprint density at radius 3 is 1.30 bits per heavy atom. The van der Waals surface area contributed by atoms with Crippen molar-refractivity contribution in [2.24, 2.45) is 0 Å². The molecular formula is C17H36O6. The molecule has 0 rings (SSSR count). The molecule has 0 unspecified atom stereocenters. The number of aliphatic hydroxyl groups is 1. The number of aliphatic hydroxyl groups excluding tert-OH is 1. The summed E-state index contributed by atoms with van der Waals surface area (Å²) in [5.74, 6) is 0. The molecule has 0 aliphatic carbocycles. The molecule has 0 fully saturated rings. The van der Waals surface area contributed by atoms with Crippen molar-refractivity contribution in [2.45, 2.75) is 45.6 Å². The summed E-state index contributed by atoms with van der Waals surface area (Å²) in [5, 5.41) is 9.66. The van der Waals surface area contributed by atoms with Crippen LogP contribution in [0.25, 0.3) is 0 Å². The molecule has 0 radical (unpaired) electrons. The van der Waals surface area contributed by atoms with Crippen LogP contribution >= 0.6 is 0 Å². The fraction of sp³-hybridized carbons (Fsp3) is 1.00. The number of ether oxygens (including phenoxy) is 5. The lowest BCUT2D eigenvalue weighted by atomic mass is 10.4. The first kappa shape index (κ1) is 22.8. The summed E-state index contributed by atoms with van der Waals surface area (Å²) < 4.78 is 26.7. The van der Waals surface area contributed by atoms with Crippen molar-refractivity contribution in [3.8, 4) is 0 Å². The maximum Gasteiger partial charge on any atom is 0.101 e. The van der Waals surface area contributed by atoms with Gasteiger partial charge in [0.05, 0.1) is 52.9 Å². The van der Waals surface area contributed by atoms with Crippen LogP contribution in [0, 0.1) is 0 Å². The first-order chi connectivity index (χ1) is 11.3. The van der Waals surface area contributed by atoms with E-state index in [9.17, 15) is 5.11 Å². The standard InChI is InChI=1S/C17H36O6/c1-3-5-7-19-9-10-21-12-14-23-16-17(18)15-22-13-11-20-8-6-4-2/h17-18H,3-16H2,1-2H3/t17-/m0/s1. The molecule has 1 N–H and O–H groups in total. The van der Waals surface area contributed by atoms with E-state index in [1.807, 2.05) is 0 Å². The quantitative estimate of drug-likeness (QED) is 0.364. The topological polar surface area (TPSA) is 66.4 Å². The number of hydrogen-bond acceptors (Lipinski definition) is 6. The van der Waals surface area contributed by atoms with Gasteiger partial charge in [-0.2, -0.15) is 0 Å². The maximum absolute atomic E-state index is 9.66. The number of unbranched alkanes of at least 4 members (excludes halogenated alkanes) is 2. The lowest BCUT2D eigenvalue weighted by Crippen LogP contribution is -2.24. The Morgan fingerprint density at radius 1 is 0.565 bits per heavy atom. The Morgan fingerprint density at radius 2 is 0.913 bits per heavy atom. The molecule has 0 aromatic heterocycles. The van der Waals surface area contributed by atoms with Gasteiger partial charge in [0, 0.05) is 13.2 Å². The Balaban J connectivity index is 3.11. The van der Waals surface area contributed by atoms with E-state index in [-0.39, 0.29) is 13.2 Å². The highest BCUT2D eigenvalue weighted by atomic mass is 16.6. The summed E-state index contributed by atoms with van der Waals surface area (Å²) in [7, 11) is 0. The Labute approximate surface area is 141 Å². The predicted octanol–water partition coefficient (Wildman–Crippen LogP) is 2.03. The Hall–Kier alpha value is -0.240. The van der Waals surface area contributed by atoms with E-state index in [2.05, 4.69) is 13.8 Å². The van der Waals surface area contributed by atoms with Gasteiger partial charge in [-0.05, 0) is 12.8 Å². The van der Waals surface area contributed by atoms with Crippen LogP contribution in [0.5, 0.6) is 0 Å². The molecule has 0 heterocycles. The molecule has 1 atom stereocenters. The van der Waals surface area contributed by atoms with Crippen molar-refractivity contribution < 1.29 is 28.8 Å². The molecule has 0 saturated heterocycles. The average Bonchev–Trinajstić information content (AvgIpc) is 2.55. The smallest absolute Gasteiger partial charge is 0.101 e. The fourth-order valence-electron chi connectivity index (χ4n) is 1.64. The lowest BCUT2D eigenvalue weighted by Gasteiger charge is -2.12. The van der Waals surface area contributed by atoms with E-state index in [0.717, 1.165) is 38.9 Å². The summed E-state index contributed by atoms with van der Waals surface area (Å²) in [4.78, 5) is 0. The SMILES string of the molecule is CCCCOCCOCCOC[C@@H](O)COCCOCCCC. The monoisotopic (exact) mass is 336 g/mol. The van der Waals surface area contributed by atoms with Crippen LogP contribution in [0.15, 0.2) is 0 Å². The first-order valence-electron chi connectivity index (χ1n) is 8.88. The number of hydrogen-bond donors (Lipinski definition) is 1. The number of rotatable bonds is 19. The van der Waals surface area contributed by atoms with Gasteiger partial charge in [-0.3, -0.25) is 0 Å². The molecule has 6 nitrogen and oxygen atoms in total. The van der Waals surface area contributed by atoms with E-state index < -0.39 is 6.10 Å². The van der Waals surface area contributed by atoms with Gasteiger partial charge in [0.15, 0.2) is 0 Å². The van der Waals surface area contributed by atoms with Crippen molar-refractivity contribution in [2.75, 3.05) is 66.1 Å². The highest BCUT2D eigenvalue weighted by Crippen LogP contribution is 1.91. The lowest BCUT2D eigenvalue weighted by molar-refractivity contribution is -0.0444. The maximum atomic E-state index is 9.66. The molecule has 0 saturated carbocycles. The van der Waals surface area contributed by atoms with Gasteiger partial charge < -0.3 is 28.8 Å². The molecule has 23 heavy (non-hydrogen) atoms. The van der Waals surface area contributed by atoms with Gasteiger partial charge in [0.2, 0.25) is 0 Å². The van der Waals surface area contributed by atoms with Gasteiger partial charge in [0.1, 0.15) is 6.10 Å². The highest BCUT2D eigenvalue weighted by molar-refractivity contribution is 4.51. The zero-order valence-electron chi connectivity index (χ0n) is 15.0. The molecule has 0 bridgehead atoms. The highest BCUT2D eigenvalue weighted by Gasteiger charge is 2.04. The van der Waals surface area contributed by atoms with E-state index in [1.54, 1.807) is 0 Å². The van der Waals surface area contributed by atoms with Crippen LogP contribution in [-0.2, 0) is 23.7 Å². The zero-order valence-corrected chi connectivity index (χ0v) is 15.0. The van der Waals surface area contributed by atoms with Gasteiger partial charge in [-0.15, -0.1) is 0 Å². The summed E-state index contributed by atoms with van der Waals surface area (Å²) in [5.41, 5.74) is 0. The predicted molar refractivity (Wildman–Crippen MR) is 89.9 cm³/mol. The minimum absolute atomic E-state index is 0.257. The van der Waals surface area contributed by atoms with E-state index in [0.29, 0.717) is 39.6 Å². The molecule has 0 aromatic rings. The van der Waals surface area contributed by atoms with E-state index in [4.69, 9.17) is 23.7 Å². The van der Waals surface area contributed by atoms with Crippen LogP contribution in [-0.4, -0.2) is 77.3 Å². The van der Waals surface area contributed by atoms with E-state index in [1.165, 1.54) is 0 Å². The second-order valence-electron chi connectivity index (χ2n) is 5.35. The molecule has 0 spiro atoms. The third-order valence-corrected chi connectivity index (χ3v) is 3.02. The first-order valence-corrected chi connectivity index (χ1v) is 8.88. The molecule has 140 valence electrons. The van der Waals surface area contributed by atoms with Crippen molar-refractivity contribution in [1.29, 1.82) is 0 Å². The largest absolute Gasteiger partial charge is 0.388 e. The molecule has 0 aliphatic rings. The van der Waals surface area contributed by atoms with Crippen molar-refractivity contribution in [3.05, 3.63) is 0 Å². The summed E-state index contributed by atoms with van der Waals surface area (Å²) in [6, 6.07) is 0. The molecule has 0 aromatic carbocycles. The Bertz CT molecular complexity index is 215. The second-order valence-corrected chi connectivity index (χ2v) is 5.35. The third-order valence-electron chi connectivity index (χ3n) is 3.02. The van der Waals surface area contributed by atoms with Crippen molar-refractivity contribution >= 4 is 0 Å². The summed E-state index contributed by atoms with van der Waals surface area (Å²) in [6.45, 7) is 9.61. The third kappa shape index (κ3) is 19.7. The van der Waals surface area contributed by atoms with Crippen LogP contribution in [0.3, 0.4) is 0 Å². The zero-order chi connectivity index (χ0) is 17.0. The average molecular weight is 336 g/mol. The van der Waals surface area contributed by atoms with Crippen LogP contribution in [0.2, 0.25) is 0 Å². The van der Waals surface area contributed by atoms with Gasteiger partial charge in [-0.1, -0.05) is 26.7 Å². The van der Waals surface area contributed by atoms with Crippen LogP contribution in [0.4, 0.5) is 0 Å².